The van der Waals surface area contributed by atoms with Crippen molar-refractivity contribution in [1.82, 2.24) is 0 Å². The summed E-state index contributed by atoms with van der Waals surface area (Å²) in [6.45, 7) is 1.41. The van der Waals surface area contributed by atoms with E-state index < -0.39 is 5.28 Å². The highest BCUT2D eigenvalue weighted by molar-refractivity contribution is 9.09. The predicted octanol–water partition coefficient (Wildman–Crippen LogP) is 1.81. The molecule has 1 heterocycles. The van der Waals surface area contributed by atoms with Crippen molar-refractivity contribution in [2.75, 3.05) is 18.5 Å². The molecule has 0 aliphatic carbocycles. The topological polar surface area (TPSA) is 9.23 Å². The van der Waals surface area contributed by atoms with E-state index in [1.807, 2.05) is 0 Å². The molecule has 1 saturated heterocycles. The molecule has 0 aromatic heterocycles. The zero-order chi connectivity index (χ0) is 7.61. The van der Waals surface area contributed by atoms with Gasteiger partial charge in [0.15, 0.2) is 0 Å². The van der Waals surface area contributed by atoms with Crippen molar-refractivity contribution in [2.24, 2.45) is 5.92 Å². The molecule has 0 aromatic carbocycles. The molecule has 0 amide bonds. The molecule has 1 aliphatic rings. The third kappa shape index (κ3) is 1.75. The second kappa shape index (κ2) is 3.46. The van der Waals surface area contributed by atoms with E-state index in [4.69, 9.17) is 7.48 Å². The smallest absolute Gasteiger partial charge is 0.0468 e. The monoisotopic (exact) mass is 180 g/mol. The molecule has 2 heteroatoms. The van der Waals surface area contributed by atoms with Gasteiger partial charge in [0.05, 0.1) is 0 Å². The fraction of sp³-hybridized carbons (Fsp3) is 1.00. The van der Waals surface area contributed by atoms with Crippen LogP contribution in [-0.2, 0) is 4.74 Å². The van der Waals surface area contributed by atoms with E-state index in [2.05, 4.69) is 15.9 Å². The lowest BCUT2D eigenvalue weighted by Gasteiger charge is -2.18. The summed E-state index contributed by atoms with van der Waals surface area (Å²) in [5.41, 5.74) is 0. The zero-order valence-corrected chi connectivity index (χ0v) is 6.28. The fourth-order valence-corrected chi connectivity index (χ4v) is 1.26. The first-order valence-electron chi connectivity index (χ1n) is 3.87. The quantitative estimate of drug-likeness (QED) is 0.560. The standard InChI is InChI=1S/C6H11BrO/c7-5-6-1-3-8-4-2-6/h6H,1-5H2/i5D2. The predicted molar refractivity (Wildman–Crippen MR) is 37.3 cm³/mol. The lowest BCUT2D eigenvalue weighted by molar-refractivity contribution is 0.0731. The minimum Gasteiger partial charge on any atom is -0.381 e. The van der Waals surface area contributed by atoms with E-state index in [0.29, 0.717) is 13.2 Å². The molecule has 1 rings (SSSR count). The lowest BCUT2D eigenvalue weighted by Crippen LogP contribution is -2.16. The normalized spacial score (nSPS) is 29.1. The van der Waals surface area contributed by atoms with E-state index in [9.17, 15) is 0 Å². The number of alkyl halides is 1. The van der Waals surface area contributed by atoms with Gasteiger partial charge in [0, 0.05) is 21.2 Å². The van der Waals surface area contributed by atoms with Crippen molar-refractivity contribution in [3.05, 3.63) is 0 Å². The van der Waals surface area contributed by atoms with Gasteiger partial charge >= 0.3 is 0 Å². The summed E-state index contributed by atoms with van der Waals surface area (Å²) < 4.78 is 19.8. The van der Waals surface area contributed by atoms with Crippen molar-refractivity contribution in [3.63, 3.8) is 0 Å². The summed E-state index contributed by atoms with van der Waals surface area (Å²) in [5, 5.41) is -1.20. The van der Waals surface area contributed by atoms with Crippen LogP contribution in [0.4, 0.5) is 0 Å². The Bertz CT molecular complexity index is 107. The third-order valence-electron chi connectivity index (χ3n) is 1.38. The molecule has 0 atom stereocenters. The number of halogens is 1. The van der Waals surface area contributed by atoms with Gasteiger partial charge in [-0.15, -0.1) is 0 Å². The maximum atomic E-state index is 7.35. The second-order valence-electron chi connectivity index (χ2n) is 2.00. The number of hydrogen-bond acceptors (Lipinski definition) is 1. The van der Waals surface area contributed by atoms with Gasteiger partial charge in [0.1, 0.15) is 0 Å². The minimum absolute atomic E-state index is 0.126. The Morgan fingerprint density at radius 2 is 2.25 bits per heavy atom. The van der Waals surface area contributed by atoms with Crippen LogP contribution in [-0.4, -0.2) is 18.5 Å². The van der Waals surface area contributed by atoms with Crippen LogP contribution in [0.2, 0.25) is 0 Å². The number of hydrogen-bond donors (Lipinski definition) is 0. The number of rotatable bonds is 1. The first-order valence-corrected chi connectivity index (χ1v) is 3.66. The van der Waals surface area contributed by atoms with E-state index in [1.165, 1.54) is 0 Å². The molecule has 0 bridgehead atoms. The van der Waals surface area contributed by atoms with Crippen LogP contribution < -0.4 is 0 Å². The number of ether oxygens (including phenoxy) is 1. The largest absolute Gasteiger partial charge is 0.381 e. The van der Waals surface area contributed by atoms with Crippen molar-refractivity contribution in [2.45, 2.75) is 12.8 Å². The molecule has 0 unspecified atom stereocenters. The molecular weight excluding hydrogens is 168 g/mol. The molecular formula is C6H11BrO. The molecule has 48 valence electrons. The Hall–Kier alpha value is 0.440. The maximum absolute atomic E-state index is 7.35. The van der Waals surface area contributed by atoms with Gasteiger partial charge in [-0.05, 0) is 18.8 Å². The Kier molecular flexibility index (Phi) is 1.86. The molecule has 0 saturated carbocycles. The molecule has 1 aliphatic heterocycles. The first-order chi connectivity index (χ1) is 4.61. The van der Waals surface area contributed by atoms with Crippen molar-refractivity contribution in [1.29, 1.82) is 0 Å². The Balaban J connectivity index is 2.39. The van der Waals surface area contributed by atoms with E-state index >= 15 is 0 Å². The molecule has 8 heavy (non-hydrogen) atoms. The summed E-state index contributed by atoms with van der Waals surface area (Å²) in [7, 11) is 0. The zero-order valence-electron chi connectivity index (χ0n) is 6.69. The van der Waals surface area contributed by atoms with Crippen LogP contribution in [0.15, 0.2) is 0 Å². The van der Waals surface area contributed by atoms with Gasteiger partial charge in [0.2, 0.25) is 0 Å². The summed E-state index contributed by atoms with van der Waals surface area (Å²) in [6.07, 6.45) is 1.66. The SMILES string of the molecule is [2H]C([2H])(Br)C1CCOCC1. The highest BCUT2D eigenvalue weighted by Gasteiger charge is 2.10. The molecule has 0 radical (unpaired) electrons. The molecule has 1 nitrogen and oxygen atoms in total. The first kappa shape index (κ1) is 4.29. The van der Waals surface area contributed by atoms with Crippen LogP contribution in [0.5, 0.6) is 0 Å². The van der Waals surface area contributed by atoms with Gasteiger partial charge in [-0.25, -0.2) is 0 Å². The summed E-state index contributed by atoms with van der Waals surface area (Å²) in [5.74, 6) is 0.126. The molecule has 0 N–H and O–H groups in total. The maximum Gasteiger partial charge on any atom is 0.0468 e. The van der Waals surface area contributed by atoms with Gasteiger partial charge < -0.3 is 4.74 Å². The van der Waals surface area contributed by atoms with E-state index in [1.54, 1.807) is 0 Å². The van der Waals surface area contributed by atoms with Gasteiger partial charge in [-0.3, -0.25) is 0 Å². The van der Waals surface area contributed by atoms with Crippen LogP contribution in [0.1, 0.15) is 15.6 Å². The molecule has 1 fully saturated rings. The van der Waals surface area contributed by atoms with Crippen molar-refractivity contribution >= 4 is 15.9 Å². The Morgan fingerprint density at radius 1 is 1.62 bits per heavy atom. The Morgan fingerprint density at radius 3 is 2.62 bits per heavy atom. The molecule has 0 spiro atoms. The minimum atomic E-state index is -1.20. The van der Waals surface area contributed by atoms with Gasteiger partial charge in [0.25, 0.3) is 0 Å². The van der Waals surface area contributed by atoms with Crippen molar-refractivity contribution in [3.8, 4) is 0 Å². The summed E-state index contributed by atoms with van der Waals surface area (Å²) in [4.78, 5) is 0. The Labute approximate surface area is 61.3 Å². The lowest BCUT2D eigenvalue weighted by atomic mass is 10.0. The summed E-state index contributed by atoms with van der Waals surface area (Å²) in [6, 6.07) is 0. The van der Waals surface area contributed by atoms with Crippen LogP contribution >= 0.6 is 15.9 Å². The van der Waals surface area contributed by atoms with Crippen LogP contribution in [0.25, 0.3) is 0 Å². The van der Waals surface area contributed by atoms with Crippen LogP contribution in [0.3, 0.4) is 0 Å². The fourth-order valence-electron chi connectivity index (χ4n) is 0.807. The highest BCUT2D eigenvalue weighted by Crippen LogP contribution is 2.15. The van der Waals surface area contributed by atoms with Crippen LogP contribution in [0, 0.1) is 5.92 Å². The average molecular weight is 181 g/mol. The third-order valence-corrected chi connectivity index (χ3v) is 2.02. The van der Waals surface area contributed by atoms with E-state index in [0.717, 1.165) is 12.8 Å². The molecule has 0 aromatic rings. The second-order valence-corrected chi connectivity index (χ2v) is 2.45. The highest BCUT2D eigenvalue weighted by atomic mass is 79.9. The van der Waals surface area contributed by atoms with Gasteiger partial charge in [-0.1, -0.05) is 15.9 Å². The summed E-state index contributed by atoms with van der Waals surface area (Å²) >= 11 is 3.02. The average Bonchev–Trinajstić information content (AvgIpc) is 1.88. The van der Waals surface area contributed by atoms with Gasteiger partial charge in [-0.2, -0.15) is 0 Å². The van der Waals surface area contributed by atoms with E-state index in [-0.39, 0.29) is 5.92 Å². The van der Waals surface area contributed by atoms with Crippen molar-refractivity contribution < 1.29 is 7.48 Å².